The van der Waals surface area contributed by atoms with Crippen LogP contribution in [0.3, 0.4) is 0 Å². The Morgan fingerprint density at radius 1 is 1.00 bits per heavy atom. The highest BCUT2D eigenvalue weighted by atomic mass is 32.1. The van der Waals surface area contributed by atoms with Gasteiger partial charge in [0.05, 0.1) is 10.0 Å². The quantitative estimate of drug-likeness (QED) is 0.821. The Labute approximate surface area is 154 Å². The molecule has 6 heteroatoms. The molecule has 2 heterocycles. The molecule has 136 valence electrons. The Bertz CT molecular complexity index is 519. The Morgan fingerprint density at radius 2 is 1.42 bits per heavy atom. The molecule has 0 aliphatic heterocycles. The van der Waals surface area contributed by atoms with Crippen LogP contribution in [0.25, 0.3) is 0 Å². The summed E-state index contributed by atoms with van der Waals surface area (Å²) in [7, 11) is 0. The number of amides is 1. The van der Waals surface area contributed by atoms with E-state index < -0.39 is 0 Å². The predicted octanol–water partition coefficient (Wildman–Crippen LogP) is 5.08. The average molecular weight is 370 g/mol. The second-order valence-corrected chi connectivity index (χ2v) is 9.09. The molecule has 2 rings (SSSR count). The fourth-order valence-electron chi connectivity index (χ4n) is 2.05. The number of carbonyl (C=O) groups is 1. The molecule has 0 spiro atoms. The van der Waals surface area contributed by atoms with Crippen LogP contribution >= 0.6 is 22.7 Å². The van der Waals surface area contributed by atoms with Crippen LogP contribution in [0.5, 0.6) is 0 Å². The summed E-state index contributed by atoms with van der Waals surface area (Å²) < 4.78 is 0. The Balaban J connectivity index is 0.000000337. The molecule has 0 radical (unpaired) electrons. The minimum atomic E-state index is 0.0631. The monoisotopic (exact) mass is 369 g/mol. The smallest absolute Gasteiger partial charge is 0.217 e. The van der Waals surface area contributed by atoms with Crippen LogP contribution in [0.1, 0.15) is 53.9 Å². The van der Waals surface area contributed by atoms with E-state index in [0.29, 0.717) is 12.0 Å². The topological polar surface area (TPSA) is 54.9 Å². The lowest BCUT2D eigenvalue weighted by atomic mass is 10.1. The maximum absolute atomic E-state index is 10.5. The van der Waals surface area contributed by atoms with E-state index in [0.717, 1.165) is 16.4 Å². The lowest BCUT2D eigenvalue weighted by Crippen LogP contribution is -2.31. The Kier molecular flexibility index (Phi) is 11.5. The molecule has 1 amide bonds. The van der Waals surface area contributed by atoms with Gasteiger partial charge < -0.3 is 5.32 Å². The van der Waals surface area contributed by atoms with Crippen molar-refractivity contribution >= 4 is 28.6 Å². The average Bonchev–Trinajstić information content (AvgIpc) is 2.97. The maximum atomic E-state index is 10.5. The molecule has 2 aromatic rings. The van der Waals surface area contributed by atoms with E-state index in [-0.39, 0.29) is 5.91 Å². The number of nitrogens with zero attached hydrogens (tertiary/aromatic N) is 2. The van der Waals surface area contributed by atoms with Crippen LogP contribution < -0.4 is 5.32 Å². The van der Waals surface area contributed by atoms with Crippen molar-refractivity contribution in [2.24, 2.45) is 5.92 Å². The molecule has 2 aromatic heterocycles. The molecule has 0 aliphatic carbocycles. The van der Waals surface area contributed by atoms with Crippen molar-refractivity contribution in [3.05, 3.63) is 32.2 Å². The second kappa shape index (κ2) is 12.1. The molecule has 0 bridgehead atoms. The van der Waals surface area contributed by atoms with Crippen molar-refractivity contribution in [3.8, 4) is 0 Å². The van der Waals surface area contributed by atoms with E-state index >= 15 is 0 Å². The van der Waals surface area contributed by atoms with Crippen LogP contribution in [-0.2, 0) is 4.79 Å². The molecule has 4 nitrogen and oxygen atoms in total. The zero-order chi connectivity index (χ0) is 18.7. The number of rotatable bonds is 3. The van der Waals surface area contributed by atoms with Crippen LogP contribution in [0.2, 0.25) is 0 Å². The van der Waals surface area contributed by atoms with Gasteiger partial charge in [-0.05, 0) is 47.0 Å². The summed E-state index contributed by atoms with van der Waals surface area (Å²) in [6, 6.07) is 0.317. The van der Waals surface area contributed by atoms with Gasteiger partial charge in [-0.25, -0.2) is 9.97 Å². The molecular weight excluding hydrogens is 338 g/mol. The number of thiazole rings is 2. The lowest BCUT2D eigenvalue weighted by Gasteiger charge is -2.13. The van der Waals surface area contributed by atoms with Crippen LogP contribution in [0.4, 0.5) is 0 Å². The zero-order valence-corrected chi connectivity index (χ0v) is 17.8. The van der Waals surface area contributed by atoms with E-state index in [1.807, 2.05) is 33.2 Å². The van der Waals surface area contributed by atoms with E-state index in [1.54, 1.807) is 29.6 Å². The van der Waals surface area contributed by atoms with Gasteiger partial charge in [-0.3, -0.25) is 4.79 Å². The molecule has 0 aliphatic rings. The summed E-state index contributed by atoms with van der Waals surface area (Å²) in [6.07, 6.45) is 4.83. The maximum Gasteiger partial charge on any atom is 0.217 e. The number of carbonyl (C=O) groups excluding carboxylic acids is 1. The minimum absolute atomic E-state index is 0.0631. The number of hydrogen-bond donors (Lipinski definition) is 1. The first kappa shape index (κ1) is 22.7. The molecule has 0 fully saturated rings. The first-order chi connectivity index (χ1) is 11.1. The fourth-order valence-corrected chi connectivity index (χ4v) is 3.40. The van der Waals surface area contributed by atoms with Gasteiger partial charge in [-0.15, -0.1) is 22.7 Å². The van der Waals surface area contributed by atoms with Gasteiger partial charge in [-0.2, -0.15) is 0 Å². The van der Waals surface area contributed by atoms with Crippen molar-refractivity contribution < 1.29 is 4.79 Å². The summed E-state index contributed by atoms with van der Waals surface area (Å²) in [5, 5.41) is 5.14. The van der Waals surface area contributed by atoms with E-state index in [9.17, 15) is 4.79 Å². The Hall–Kier alpha value is -1.27. The number of aromatic nitrogens is 2. The van der Waals surface area contributed by atoms with Crippen molar-refractivity contribution in [1.82, 2.24) is 15.3 Å². The molecule has 0 saturated heterocycles. The van der Waals surface area contributed by atoms with E-state index in [2.05, 4.69) is 43.0 Å². The van der Waals surface area contributed by atoms with Crippen molar-refractivity contribution in [2.45, 2.75) is 67.9 Å². The third-order valence-electron chi connectivity index (χ3n) is 2.75. The molecule has 1 N–H and O–H groups in total. The third kappa shape index (κ3) is 13.2. The van der Waals surface area contributed by atoms with Gasteiger partial charge in [0.25, 0.3) is 0 Å². The predicted molar refractivity (Wildman–Crippen MR) is 106 cm³/mol. The van der Waals surface area contributed by atoms with Gasteiger partial charge in [-0.1, -0.05) is 13.8 Å². The molecule has 24 heavy (non-hydrogen) atoms. The number of nitrogens with one attached hydrogen (secondary N) is 1. The van der Waals surface area contributed by atoms with Crippen molar-refractivity contribution in [1.29, 1.82) is 0 Å². The van der Waals surface area contributed by atoms with Gasteiger partial charge in [0.2, 0.25) is 5.91 Å². The highest BCUT2D eigenvalue weighted by molar-refractivity contribution is 7.11. The molecule has 1 unspecified atom stereocenters. The first-order valence-corrected chi connectivity index (χ1v) is 9.78. The highest BCUT2D eigenvalue weighted by Crippen LogP contribution is 2.08. The van der Waals surface area contributed by atoms with E-state index in [4.69, 9.17) is 0 Å². The number of hydrogen-bond acceptors (Lipinski definition) is 5. The summed E-state index contributed by atoms with van der Waals surface area (Å²) in [6.45, 7) is 16.0. The molecule has 0 aromatic carbocycles. The Morgan fingerprint density at radius 3 is 1.58 bits per heavy atom. The highest BCUT2D eigenvalue weighted by Gasteiger charge is 2.04. The summed E-state index contributed by atoms with van der Waals surface area (Å²) >= 11 is 3.46. The summed E-state index contributed by atoms with van der Waals surface area (Å²) in [5.41, 5.74) is 0. The summed E-state index contributed by atoms with van der Waals surface area (Å²) in [4.78, 5) is 21.2. The van der Waals surface area contributed by atoms with Gasteiger partial charge in [0.1, 0.15) is 0 Å². The van der Waals surface area contributed by atoms with Crippen LogP contribution in [-0.4, -0.2) is 21.9 Å². The third-order valence-corrected chi connectivity index (χ3v) is 4.40. The molecule has 1 atom stereocenters. The standard InChI is InChI=1S/C8H17NO.2C5H7NS/c1-6(2)5-7(3)9-8(4)10;2*1-4-3-6-5(2)7-4/h6-7H,5H2,1-4H3,(H,9,10);2*3H,1-2H3. The lowest BCUT2D eigenvalue weighted by molar-refractivity contribution is -0.119. The molecule has 0 saturated carbocycles. The van der Waals surface area contributed by atoms with E-state index in [1.165, 1.54) is 9.75 Å². The largest absolute Gasteiger partial charge is 0.354 e. The summed E-state index contributed by atoms with van der Waals surface area (Å²) in [5.74, 6) is 0.718. The van der Waals surface area contributed by atoms with Gasteiger partial charge in [0.15, 0.2) is 0 Å². The SMILES string of the molecule is CC(=O)NC(C)CC(C)C.Cc1cnc(C)s1.Cc1cnc(C)s1. The van der Waals surface area contributed by atoms with Crippen molar-refractivity contribution in [3.63, 3.8) is 0 Å². The minimum Gasteiger partial charge on any atom is -0.354 e. The van der Waals surface area contributed by atoms with Gasteiger partial charge in [0, 0.05) is 35.1 Å². The van der Waals surface area contributed by atoms with Crippen LogP contribution in [0, 0.1) is 33.6 Å². The zero-order valence-electron chi connectivity index (χ0n) is 16.1. The second-order valence-electron chi connectivity index (χ2n) is 6.21. The van der Waals surface area contributed by atoms with Gasteiger partial charge >= 0.3 is 0 Å². The fraction of sp³-hybridized carbons (Fsp3) is 0.611. The first-order valence-electron chi connectivity index (χ1n) is 8.15. The molecular formula is C18H31N3OS2. The van der Waals surface area contributed by atoms with Crippen LogP contribution in [0.15, 0.2) is 12.4 Å². The normalized spacial score (nSPS) is 11.0. The van der Waals surface area contributed by atoms with Crippen molar-refractivity contribution in [2.75, 3.05) is 0 Å². The number of aryl methyl sites for hydroxylation is 4.